The van der Waals surface area contributed by atoms with E-state index in [9.17, 15) is 9.18 Å². The zero-order chi connectivity index (χ0) is 13.8. The molecule has 4 heteroatoms. The van der Waals surface area contributed by atoms with Crippen molar-refractivity contribution in [1.82, 2.24) is 0 Å². The summed E-state index contributed by atoms with van der Waals surface area (Å²) in [6, 6.07) is 15.4. The minimum Gasteiger partial charge on any atom is -0.293 e. The molecule has 2 aromatic rings. The zero-order valence-electron chi connectivity index (χ0n) is 9.89. The van der Waals surface area contributed by atoms with Gasteiger partial charge < -0.3 is 0 Å². The topological polar surface area (TPSA) is 17.1 Å². The lowest BCUT2D eigenvalue weighted by molar-refractivity contribution is 0.0990. The number of halogens is 3. The van der Waals surface area contributed by atoms with Crippen molar-refractivity contribution in [2.24, 2.45) is 0 Å². The maximum absolute atomic E-state index is 13.7. The normalized spacial score (nSPS) is 13.8. The minimum absolute atomic E-state index is 0.0780. The van der Waals surface area contributed by atoms with Crippen LogP contribution in [0.15, 0.2) is 54.6 Å². The predicted molar refractivity (Wildman–Crippen MR) is 81.6 cm³/mol. The smallest absolute Gasteiger partial charge is 0.177 e. The summed E-state index contributed by atoms with van der Waals surface area (Å²) in [6.07, 6.45) is 0. The van der Waals surface area contributed by atoms with E-state index in [0.717, 1.165) is 0 Å². The highest BCUT2D eigenvalue weighted by Crippen LogP contribution is 2.34. The number of carbonyl (C=O) groups is 1. The van der Waals surface area contributed by atoms with Gasteiger partial charge in [-0.05, 0) is 6.07 Å². The second-order valence-corrected chi connectivity index (χ2v) is 6.03. The molecule has 0 aliphatic heterocycles. The molecule has 0 saturated carbocycles. The number of hydrogen-bond donors (Lipinski definition) is 0. The first-order valence-electron chi connectivity index (χ1n) is 5.73. The first-order chi connectivity index (χ1) is 9.11. The van der Waals surface area contributed by atoms with E-state index in [1.807, 2.05) is 6.07 Å². The van der Waals surface area contributed by atoms with Gasteiger partial charge in [0, 0.05) is 11.1 Å². The average molecular weight is 386 g/mol. The molecule has 0 radical (unpaired) electrons. The number of carbonyl (C=O) groups excluding carboxylic acids is 1. The summed E-state index contributed by atoms with van der Waals surface area (Å²) >= 11 is 6.75. The fourth-order valence-corrected chi connectivity index (χ4v) is 2.91. The van der Waals surface area contributed by atoms with Gasteiger partial charge in [0.05, 0.1) is 9.65 Å². The molecule has 98 valence electrons. The van der Waals surface area contributed by atoms with Crippen LogP contribution in [-0.4, -0.2) is 10.6 Å². The highest BCUT2D eigenvalue weighted by Gasteiger charge is 2.27. The molecule has 2 rings (SSSR count). The molecule has 0 amide bonds. The van der Waals surface area contributed by atoms with Crippen molar-refractivity contribution < 1.29 is 9.18 Å². The first kappa shape index (κ1) is 14.4. The van der Waals surface area contributed by atoms with Gasteiger partial charge in [-0.25, -0.2) is 4.39 Å². The van der Waals surface area contributed by atoms with Crippen LogP contribution in [0, 0.1) is 5.82 Å². The largest absolute Gasteiger partial charge is 0.293 e. The van der Waals surface area contributed by atoms with Crippen LogP contribution in [0.1, 0.15) is 20.7 Å². The van der Waals surface area contributed by atoms with E-state index in [-0.39, 0.29) is 11.6 Å². The van der Waals surface area contributed by atoms with Crippen molar-refractivity contribution in [3.05, 3.63) is 71.5 Å². The van der Waals surface area contributed by atoms with Gasteiger partial charge in [0.25, 0.3) is 0 Å². The summed E-state index contributed by atoms with van der Waals surface area (Å²) in [5, 5.41) is 0. The van der Waals surface area contributed by atoms with Crippen LogP contribution in [0.5, 0.6) is 0 Å². The van der Waals surface area contributed by atoms with Gasteiger partial charge in [-0.1, -0.05) is 80.4 Å². The summed E-state index contributed by atoms with van der Waals surface area (Å²) < 4.78 is 13.7. The monoisotopic (exact) mass is 384 g/mol. The minimum atomic E-state index is -0.521. The summed E-state index contributed by atoms with van der Waals surface area (Å²) in [5.74, 6) is -0.402. The molecule has 1 nitrogen and oxygen atoms in total. The molecule has 0 aromatic heterocycles. The number of ketones is 1. The van der Waals surface area contributed by atoms with Gasteiger partial charge in [0.1, 0.15) is 5.82 Å². The highest BCUT2D eigenvalue weighted by atomic mass is 79.9. The van der Waals surface area contributed by atoms with Gasteiger partial charge in [-0.2, -0.15) is 0 Å². The molecular formula is C15H11Br2FO. The maximum atomic E-state index is 13.7. The Labute approximate surface area is 128 Å². The second kappa shape index (κ2) is 6.44. The SMILES string of the molecule is O=C(c1ccccc1)C(Br)C(Br)c1ccccc1F. The van der Waals surface area contributed by atoms with Gasteiger partial charge in [-0.3, -0.25) is 4.79 Å². The zero-order valence-corrected chi connectivity index (χ0v) is 13.1. The third-order valence-electron chi connectivity index (χ3n) is 2.77. The fourth-order valence-electron chi connectivity index (χ4n) is 1.75. The Bertz CT molecular complexity index is 571. The summed E-state index contributed by atoms with van der Waals surface area (Å²) in [4.78, 5) is 11.3. The molecule has 0 heterocycles. The highest BCUT2D eigenvalue weighted by molar-refractivity contribution is 9.12. The van der Waals surface area contributed by atoms with Gasteiger partial charge in [-0.15, -0.1) is 0 Å². The molecule has 0 aliphatic rings. The Morgan fingerprint density at radius 1 is 0.947 bits per heavy atom. The van der Waals surface area contributed by atoms with Crippen LogP contribution in [0.2, 0.25) is 0 Å². The Morgan fingerprint density at radius 3 is 2.16 bits per heavy atom. The Balaban J connectivity index is 2.23. The van der Waals surface area contributed by atoms with Gasteiger partial charge in [0.15, 0.2) is 5.78 Å². The van der Waals surface area contributed by atoms with Crippen LogP contribution < -0.4 is 0 Å². The van der Waals surface area contributed by atoms with E-state index in [1.54, 1.807) is 42.5 Å². The molecule has 2 unspecified atom stereocenters. The second-order valence-electron chi connectivity index (χ2n) is 4.06. The maximum Gasteiger partial charge on any atom is 0.177 e. The van der Waals surface area contributed by atoms with E-state index in [0.29, 0.717) is 11.1 Å². The van der Waals surface area contributed by atoms with Crippen molar-refractivity contribution in [2.45, 2.75) is 9.65 Å². The van der Waals surface area contributed by atoms with Crippen molar-refractivity contribution in [3.63, 3.8) is 0 Å². The van der Waals surface area contributed by atoms with E-state index < -0.39 is 9.65 Å². The molecule has 0 saturated heterocycles. The molecule has 0 fully saturated rings. The average Bonchev–Trinajstić information content (AvgIpc) is 2.46. The van der Waals surface area contributed by atoms with Crippen LogP contribution in [0.25, 0.3) is 0 Å². The standard InChI is InChI=1S/C15H11Br2FO/c16-13(11-8-4-5-9-12(11)18)14(17)15(19)10-6-2-1-3-7-10/h1-9,13-14H. The molecule has 0 aliphatic carbocycles. The van der Waals surface area contributed by atoms with E-state index >= 15 is 0 Å². The molecule has 0 bridgehead atoms. The molecular weight excluding hydrogens is 375 g/mol. The molecule has 0 N–H and O–H groups in total. The number of hydrogen-bond acceptors (Lipinski definition) is 1. The first-order valence-corrected chi connectivity index (χ1v) is 7.56. The Hall–Kier alpha value is -1.00. The van der Waals surface area contributed by atoms with Gasteiger partial charge in [0.2, 0.25) is 0 Å². The predicted octanol–water partition coefficient (Wildman–Crippen LogP) is 4.91. The number of benzene rings is 2. The van der Waals surface area contributed by atoms with E-state index in [2.05, 4.69) is 31.9 Å². The lowest BCUT2D eigenvalue weighted by Crippen LogP contribution is -2.19. The van der Waals surface area contributed by atoms with Crippen molar-refractivity contribution in [3.8, 4) is 0 Å². The summed E-state index contributed by atoms with van der Waals surface area (Å²) in [7, 11) is 0. The van der Waals surface area contributed by atoms with Crippen molar-refractivity contribution in [2.75, 3.05) is 0 Å². The van der Waals surface area contributed by atoms with E-state index in [1.165, 1.54) is 6.07 Å². The molecule has 2 atom stereocenters. The lowest BCUT2D eigenvalue weighted by atomic mass is 10.0. The third kappa shape index (κ3) is 3.31. The summed E-state index contributed by atoms with van der Waals surface area (Å²) in [6.45, 7) is 0. The Kier molecular flexibility index (Phi) is 4.88. The quantitative estimate of drug-likeness (QED) is 0.539. The molecule has 19 heavy (non-hydrogen) atoms. The van der Waals surface area contributed by atoms with Crippen LogP contribution in [0.3, 0.4) is 0 Å². The number of alkyl halides is 2. The third-order valence-corrected chi connectivity index (χ3v) is 5.44. The van der Waals surface area contributed by atoms with Crippen molar-refractivity contribution in [1.29, 1.82) is 0 Å². The van der Waals surface area contributed by atoms with Crippen LogP contribution >= 0.6 is 31.9 Å². The van der Waals surface area contributed by atoms with Gasteiger partial charge >= 0.3 is 0 Å². The van der Waals surface area contributed by atoms with E-state index in [4.69, 9.17) is 0 Å². The Morgan fingerprint density at radius 2 is 1.53 bits per heavy atom. The lowest BCUT2D eigenvalue weighted by Gasteiger charge is -2.16. The molecule has 2 aromatic carbocycles. The number of rotatable bonds is 4. The fraction of sp³-hybridized carbons (Fsp3) is 0.133. The summed E-state index contributed by atoms with van der Waals surface area (Å²) in [5.41, 5.74) is 1.07. The number of Topliss-reactive ketones (excluding diaryl/α,β-unsaturated/α-hetero) is 1. The van der Waals surface area contributed by atoms with Crippen LogP contribution in [-0.2, 0) is 0 Å². The molecule has 0 spiro atoms. The van der Waals surface area contributed by atoms with Crippen molar-refractivity contribution >= 4 is 37.6 Å². The van der Waals surface area contributed by atoms with Crippen LogP contribution in [0.4, 0.5) is 4.39 Å².